The highest BCUT2D eigenvalue weighted by Gasteiger charge is 2.16. The minimum atomic E-state index is 0.458. The molecule has 0 unspecified atom stereocenters. The summed E-state index contributed by atoms with van der Waals surface area (Å²) < 4.78 is 11.5. The quantitative estimate of drug-likeness (QED) is 0.225. The normalized spacial score (nSPS) is 14.2. The molecule has 186 valence electrons. The lowest BCUT2D eigenvalue weighted by Gasteiger charge is -2.22. The van der Waals surface area contributed by atoms with Gasteiger partial charge in [0.15, 0.2) is 11.5 Å². The first-order valence-electron chi connectivity index (χ1n) is 12.8. The Morgan fingerprint density at radius 1 is 1.00 bits per heavy atom. The van der Waals surface area contributed by atoms with Crippen LogP contribution in [0.15, 0.2) is 78.2 Å². The van der Waals surface area contributed by atoms with Crippen molar-refractivity contribution in [2.24, 2.45) is 0 Å². The van der Waals surface area contributed by atoms with E-state index in [4.69, 9.17) is 14.5 Å². The van der Waals surface area contributed by atoms with Gasteiger partial charge >= 0.3 is 0 Å². The minimum absolute atomic E-state index is 0.458. The summed E-state index contributed by atoms with van der Waals surface area (Å²) in [6.45, 7) is 0.458. The molecule has 5 rings (SSSR count). The lowest BCUT2D eigenvalue weighted by molar-refractivity contribution is 0.284. The van der Waals surface area contributed by atoms with Crippen LogP contribution in [0.5, 0.6) is 11.5 Å². The fourth-order valence-corrected chi connectivity index (χ4v) is 5.62. The van der Waals surface area contributed by atoms with E-state index in [1.165, 1.54) is 49.0 Å². The van der Waals surface area contributed by atoms with Crippen LogP contribution >= 0.6 is 11.3 Å². The maximum atomic E-state index is 9.89. The zero-order chi connectivity index (χ0) is 25.5. The molecule has 0 amide bonds. The maximum Gasteiger partial charge on any atom is 0.161 e. The van der Waals surface area contributed by atoms with E-state index >= 15 is 0 Å². The molecule has 4 aromatic rings. The summed E-state index contributed by atoms with van der Waals surface area (Å²) in [5.74, 6) is 1.98. The molecule has 4 nitrogen and oxygen atoms in total. The molecular formula is C32H30N2O2S. The number of rotatable bonds is 8. The van der Waals surface area contributed by atoms with Gasteiger partial charge in [-0.2, -0.15) is 5.26 Å². The summed E-state index contributed by atoms with van der Waals surface area (Å²) in [4.78, 5) is 4.78. The Morgan fingerprint density at radius 2 is 1.78 bits per heavy atom. The van der Waals surface area contributed by atoms with E-state index < -0.39 is 0 Å². The number of methoxy groups -OCH3 is 1. The van der Waals surface area contributed by atoms with Crippen molar-refractivity contribution in [2.45, 2.75) is 44.6 Å². The number of nitriles is 1. The van der Waals surface area contributed by atoms with Gasteiger partial charge in [-0.15, -0.1) is 11.3 Å². The topological polar surface area (TPSA) is 55.1 Å². The third-order valence-corrected chi connectivity index (χ3v) is 7.75. The lowest BCUT2D eigenvalue weighted by Crippen LogP contribution is -2.04. The molecule has 1 saturated carbocycles. The predicted molar refractivity (Wildman–Crippen MR) is 151 cm³/mol. The molecule has 0 radical (unpaired) electrons. The van der Waals surface area contributed by atoms with Crippen LogP contribution in [0.2, 0.25) is 0 Å². The predicted octanol–water partition coefficient (Wildman–Crippen LogP) is 8.51. The molecule has 3 aromatic carbocycles. The van der Waals surface area contributed by atoms with E-state index in [1.807, 2.05) is 60.0 Å². The van der Waals surface area contributed by atoms with Gasteiger partial charge in [-0.05, 0) is 53.7 Å². The number of allylic oxidation sites excluding steroid dienone is 1. The van der Waals surface area contributed by atoms with E-state index in [1.54, 1.807) is 7.11 Å². The molecule has 0 N–H and O–H groups in total. The highest BCUT2D eigenvalue weighted by atomic mass is 32.1. The smallest absolute Gasteiger partial charge is 0.161 e. The third-order valence-electron chi connectivity index (χ3n) is 6.87. The summed E-state index contributed by atoms with van der Waals surface area (Å²) in [5, 5.41) is 12.6. The molecule has 1 aromatic heterocycles. The van der Waals surface area contributed by atoms with Gasteiger partial charge in [-0.1, -0.05) is 79.9 Å². The van der Waals surface area contributed by atoms with E-state index in [2.05, 4.69) is 30.3 Å². The van der Waals surface area contributed by atoms with Gasteiger partial charge in [-0.3, -0.25) is 0 Å². The van der Waals surface area contributed by atoms with Crippen LogP contribution in [-0.2, 0) is 6.61 Å². The van der Waals surface area contributed by atoms with Gasteiger partial charge in [0.2, 0.25) is 0 Å². The summed E-state index contributed by atoms with van der Waals surface area (Å²) >= 11 is 1.49. The number of hydrogen-bond acceptors (Lipinski definition) is 5. The molecule has 0 aliphatic heterocycles. The van der Waals surface area contributed by atoms with Crippen molar-refractivity contribution < 1.29 is 9.47 Å². The number of thiazole rings is 1. The second-order valence-electron chi connectivity index (χ2n) is 9.35. The van der Waals surface area contributed by atoms with E-state index in [0.29, 0.717) is 34.6 Å². The Balaban J connectivity index is 1.31. The van der Waals surface area contributed by atoms with Crippen molar-refractivity contribution in [3.63, 3.8) is 0 Å². The number of hydrogen-bond donors (Lipinski definition) is 0. The Morgan fingerprint density at radius 3 is 2.51 bits per heavy atom. The molecule has 5 heteroatoms. The molecule has 0 bridgehead atoms. The highest BCUT2D eigenvalue weighted by Crippen LogP contribution is 2.35. The van der Waals surface area contributed by atoms with Gasteiger partial charge in [-0.25, -0.2) is 4.98 Å². The second-order valence-corrected chi connectivity index (χ2v) is 10.2. The Labute approximate surface area is 222 Å². The lowest BCUT2D eigenvalue weighted by atomic mass is 9.84. The van der Waals surface area contributed by atoms with Crippen molar-refractivity contribution in [3.8, 4) is 28.8 Å². The molecule has 1 fully saturated rings. The van der Waals surface area contributed by atoms with Crippen molar-refractivity contribution in [1.29, 1.82) is 5.26 Å². The summed E-state index contributed by atoms with van der Waals surface area (Å²) in [5.41, 5.74) is 5.88. The van der Waals surface area contributed by atoms with Crippen molar-refractivity contribution in [3.05, 3.63) is 99.9 Å². The molecule has 0 saturated heterocycles. The molecular weight excluding hydrogens is 476 g/mol. The first-order chi connectivity index (χ1) is 18.2. The molecule has 0 atom stereocenters. The first-order valence-corrected chi connectivity index (χ1v) is 13.6. The van der Waals surface area contributed by atoms with Crippen molar-refractivity contribution in [1.82, 2.24) is 4.98 Å². The van der Waals surface area contributed by atoms with Gasteiger partial charge in [0, 0.05) is 10.9 Å². The molecule has 0 spiro atoms. The van der Waals surface area contributed by atoms with Crippen LogP contribution < -0.4 is 9.47 Å². The number of benzene rings is 3. The number of aromatic nitrogens is 1. The van der Waals surface area contributed by atoms with E-state index in [-0.39, 0.29) is 0 Å². The minimum Gasteiger partial charge on any atom is -0.493 e. The van der Waals surface area contributed by atoms with Crippen molar-refractivity contribution >= 4 is 23.0 Å². The maximum absolute atomic E-state index is 9.89. The van der Waals surface area contributed by atoms with Gasteiger partial charge in [0.05, 0.1) is 18.4 Å². The first kappa shape index (κ1) is 24.8. The third kappa shape index (κ3) is 6.10. The molecule has 1 aliphatic rings. The van der Waals surface area contributed by atoms with Crippen LogP contribution in [0.25, 0.3) is 22.9 Å². The van der Waals surface area contributed by atoms with Crippen LogP contribution in [0.1, 0.15) is 59.7 Å². The highest BCUT2D eigenvalue weighted by molar-refractivity contribution is 7.11. The zero-order valence-corrected chi connectivity index (χ0v) is 21.8. The van der Waals surface area contributed by atoms with Crippen molar-refractivity contribution in [2.75, 3.05) is 7.11 Å². The van der Waals surface area contributed by atoms with Gasteiger partial charge < -0.3 is 9.47 Å². The van der Waals surface area contributed by atoms with Crippen LogP contribution in [0.4, 0.5) is 0 Å². The average Bonchev–Trinajstić information content (AvgIpc) is 3.46. The SMILES string of the molecule is COc1cc(C=C(C#N)c2nc(-c3ccc(C4CCCCC4)cc3)cs2)ccc1OCc1ccccc1. The monoisotopic (exact) mass is 506 g/mol. The number of nitrogens with zero attached hydrogens (tertiary/aromatic N) is 2. The Hall–Kier alpha value is -3.88. The zero-order valence-electron chi connectivity index (χ0n) is 21.0. The standard InChI is InChI=1S/C32H30N2O2S/c1-35-31-19-24(12-17-30(31)36-21-23-8-4-2-5-9-23)18-28(20-33)32-34-29(22-37-32)27-15-13-26(14-16-27)25-10-6-3-7-11-25/h2,4-5,8-9,12-19,22,25H,3,6-7,10-11,21H2,1H3. The van der Waals surface area contributed by atoms with Crippen LogP contribution in [-0.4, -0.2) is 12.1 Å². The van der Waals surface area contributed by atoms with Gasteiger partial charge in [0.1, 0.15) is 17.7 Å². The fourth-order valence-electron chi connectivity index (χ4n) is 4.83. The average molecular weight is 507 g/mol. The molecule has 1 heterocycles. The largest absolute Gasteiger partial charge is 0.493 e. The van der Waals surface area contributed by atoms with E-state index in [9.17, 15) is 5.26 Å². The van der Waals surface area contributed by atoms with E-state index in [0.717, 1.165) is 22.4 Å². The number of ether oxygens (including phenoxy) is 2. The molecule has 37 heavy (non-hydrogen) atoms. The van der Waals surface area contributed by atoms with Crippen LogP contribution in [0, 0.1) is 11.3 Å². The Bertz CT molecular complexity index is 1390. The summed E-state index contributed by atoms with van der Waals surface area (Å²) in [6, 6.07) is 26.9. The fraction of sp³-hybridized carbons (Fsp3) is 0.250. The van der Waals surface area contributed by atoms with Gasteiger partial charge in [0.25, 0.3) is 0 Å². The second kappa shape index (κ2) is 11.9. The summed E-state index contributed by atoms with van der Waals surface area (Å²) in [6.07, 6.45) is 8.46. The Kier molecular flexibility index (Phi) is 7.98. The molecule has 1 aliphatic carbocycles. The van der Waals surface area contributed by atoms with Crippen LogP contribution in [0.3, 0.4) is 0 Å². The summed E-state index contributed by atoms with van der Waals surface area (Å²) in [7, 11) is 1.62.